The predicted octanol–water partition coefficient (Wildman–Crippen LogP) is 4.26. The van der Waals surface area contributed by atoms with Crippen LogP contribution in [-0.2, 0) is 6.42 Å². The molecule has 1 aromatic heterocycles. The van der Waals surface area contributed by atoms with Gasteiger partial charge in [-0.3, -0.25) is 0 Å². The number of thiazole rings is 1. The van der Waals surface area contributed by atoms with Crippen LogP contribution in [0.3, 0.4) is 0 Å². The second-order valence-electron chi connectivity index (χ2n) is 3.82. The van der Waals surface area contributed by atoms with Crippen molar-refractivity contribution in [2.45, 2.75) is 20.3 Å². The molecule has 0 unspecified atom stereocenters. The Morgan fingerprint density at radius 1 is 1.41 bits per heavy atom. The molecule has 0 N–H and O–H groups in total. The third kappa shape index (κ3) is 2.56. The summed E-state index contributed by atoms with van der Waals surface area (Å²) in [5.41, 5.74) is 3.30. The topological polar surface area (TPSA) is 36.7 Å². The molecule has 0 radical (unpaired) electrons. The van der Waals surface area contributed by atoms with Crippen molar-refractivity contribution in [3.05, 3.63) is 38.8 Å². The van der Waals surface area contributed by atoms with E-state index in [2.05, 4.69) is 46.0 Å². The molecule has 2 rings (SSSR count). The Bertz CT molecular complexity index is 596. The van der Waals surface area contributed by atoms with Crippen LogP contribution in [0.5, 0.6) is 0 Å². The van der Waals surface area contributed by atoms with Crippen molar-refractivity contribution in [1.29, 1.82) is 5.26 Å². The van der Waals surface area contributed by atoms with E-state index in [1.807, 2.05) is 13.0 Å². The van der Waals surface area contributed by atoms with Crippen molar-refractivity contribution in [1.82, 2.24) is 4.98 Å². The Hall–Kier alpha value is -1.18. The van der Waals surface area contributed by atoms with E-state index < -0.39 is 0 Å². The van der Waals surface area contributed by atoms with Gasteiger partial charge in [-0.15, -0.1) is 11.3 Å². The molecule has 0 aliphatic carbocycles. The molecule has 0 aliphatic rings. The van der Waals surface area contributed by atoms with Crippen LogP contribution in [0.4, 0.5) is 0 Å². The average Bonchev–Trinajstić information content (AvgIpc) is 2.64. The van der Waals surface area contributed by atoms with Crippen molar-refractivity contribution < 1.29 is 0 Å². The van der Waals surface area contributed by atoms with Crippen LogP contribution in [0.25, 0.3) is 10.6 Å². The van der Waals surface area contributed by atoms with Gasteiger partial charge >= 0.3 is 0 Å². The summed E-state index contributed by atoms with van der Waals surface area (Å²) in [5, 5.41) is 9.74. The fourth-order valence-corrected chi connectivity index (χ4v) is 3.04. The maximum Gasteiger partial charge on any atom is 0.124 e. The van der Waals surface area contributed by atoms with E-state index >= 15 is 0 Å². The van der Waals surface area contributed by atoms with E-state index in [-0.39, 0.29) is 0 Å². The summed E-state index contributed by atoms with van der Waals surface area (Å²) in [6.07, 6.45) is 0.441. The maximum absolute atomic E-state index is 8.74. The average molecular weight is 307 g/mol. The first-order valence-corrected chi connectivity index (χ1v) is 6.82. The Balaban J connectivity index is 2.50. The SMILES string of the molecule is Cc1ccc(Br)cc1-c1nc(C)c(CC#N)s1. The minimum absolute atomic E-state index is 0.441. The Labute approximate surface area is 113 Å². The van der Waals surface area contributed by atoms with Crippen molar-refractivity contribution in [3.8, 4) is 16.6 Å². The monoisotopic (exact) mass is 306 g/mol. The van der Waals surface area contributed by atoms with Crippen LogP contribution in [0, 0.1) is 25.2 Å². The zero-order chi connectivity index (χ0) is 12.4. The van der Waals surface area contributed by atoms with Crippen LogP contribution in [0.1, 0.15) is 16.1 Å². The molecule has 0 bridgehead atoms. The van der Waals surface area contributed by atoms with Crippen molar-refractivity contribution >= 4 is 27.3 Å². The van der Waals surface area contributed by atoms with Gasteiger partial charge in [0.1, 0.15) is 5.01 Å². The van der Waals surface area contributed by atoms with Gasteiger partial charge in [0.15, 0.2) is 0 Å². The standard InChI is InChI=1S/C13H11BrN2S/c1-8-3-4-10(14)7-11(8)13-16-9(2)12(17-13)5-6-15/h3-4,7H,5H2,1-2H3. The Morgan fingerprint density at radius 2 is 2.18 bits per heavy atom. The highest BCUT2D eigenvalue weighted by Gasteiger charge is 2.11. The van der Waals surface area contributed by atoms with Crippen LogP contribution < -0.4 is 0 Å². The van der Waals surface area contributed by atoms with Crippen LogP contribution in [-0.4, -0.2) is 4.98 Å². The lowest BCUT2D eigenvalue weighted by Crippen LogP contribution is -1.83. The summed E-state index contributed by atoms with van der Waals surface area (Å²) in [6, 6.07) is 8.34. The first-order chi connectivity index (χ1) is 8.11. The molecule has 0 aliphatic heterocycles. The number of aromatic nitrogens is 1. The summed E-state index contributed by atoms with van der Waals surface area (Å²) in [7, 11) is 0. The summed E-state index contributed by atoms with van der Waals surface area (Å²) in [4.78, 5) is 5.61. The lowest BCUT2D eigenvalue weighted by molar-refractivity contribution is 1.18. The van der Waals surface area contributed by atoms with Gasteiger partial charge in [-0.05, 0) is 31.5 Å². The molecule has 0 atom stereocenters. The number of halogens is 1. The van der Waals surface area contributed by atoms with Gasteiger partial charge in [-0.2, -0.15) is 5.26 Å². The largest absolute Gasteiger partial charge is 0.241 e. The molecule has 0 saturated carbocycles. The number of hydrogen-bond donors (Lipinski definition) is 0. The minimum Gasteiger partial charge on any atom is -0.241 e. The minimum atomic E-state index is 0.441. The third-order valence-corrected chi connectivity index (χ3v) is 4.25. The zero-order valence-corrected chi connectivity index (χ0v) is 12.0. The maximum atomic E-state index is 8.74. The number of nitriles is 1. The van der Waals surface area contributed by atoms with E-state index in [1.165, 1.54) is 5.56 Å². The highest BCUT2D eigenvalue weighted by Crippen LogP contribution is 2.32. The van der Waals surface area contributed by atoms with Gasteiger partial charge < -0.3 is 0 Å². The molecule has 0 fully saturated rings. The van der Waals surface area contributed by atoms with Gasteiger partial charge in [-0.1, -0.05) is 22.0 Å². The summed E-state index contributed by atoms with van der Waals surface area (Å²) in [5.74, 6) is 0. The fourth-order valence-electron chi connectivity index (χ4n) is 1.60. The lowest BCUT2D eigenvalue weighted by atomic mass is 10.1. The van der Waals surface area contributed by atoms with Crippen LogP contribution in [0.2, 0.25) is 0 Å². The second-order valence-corrected chi connectivity index (χ2v) is 5.82. The second kappa shape index (κ2) is 4.99. The van der Waals surface area contributed by atoms with Gasteiger partial charge in [0, 0.05) is 14.9 Å². The molecule has 2 aromatic rings. The van der Waals surface area contributed by atoms with E-state index in [9.17, 15) is 0 Å². The Morgan fingerprint density at radius 3 is 2.88 bits per heavy atom. The predicted molar refractivity (Wildman–Crippen MR) is 74.0 cm³/mol. The zero-order valence-electron chi connectivity index (χ0n) is 9.62. The van der Waals surface area contributed by atoms with E-state index in [0.717, 1.165) is 25.6 Å². The molecule has 4 heteroatoms. The quantitative estimate of drug-likeness (QED) is 0.831. The number of rotatable bonds is 2. The molecule has 0 spiro atoms. The number of hydrogen-bond acceptors (Lipinski definition) is 3. The smallest absolute Gasteiger partial charge is 0.124 e. The molecule has 1 aromatic carbocycles. The van der Waals surface area contributed by atoms with Crippen molar-refractivity contribution in [2.75, 3.05) is 0 Å². The highest BCUT2D eigenvalue weighted by molar-refractivity contribution is 9.10. The van der Waals surface area contributed by atoms with Crippen LogP contribution in [0.15, 0.2) is 22.7 Å². The fraction of sp³-hybridized carbons (Fsp3) is 0.231. The molecule has 0 saturated heterocycles. The molecular formula is C13H11BrN2S. The molecule has 86 valence electrons. The first-order valence-electron chi connectivity index (χ1n) is 5.21. The van der Waals surface area contributed by atoms with Gasteiger partial charge in [0.25, 0.3) is 0 Å². The van der Waals surface area contributed by atoms with Crippen molar-refractivity contribution in [3.63, 3.8) is 0 Å². The molecule has 2 nitrogen and oxygen atoms in total. The van der Waals surface area contributed by atoms with E-state index in [1.54, 1.807) is 11.3 Å². The van der Waals surface area contributed by atoms with Gasteiger partial charge in [0.2, 0.25) is 0 Å². The summed E-state index contributed by atoms with van der Waals surface area (Å²) in [6.45, 7) is 4.03. The van der Waals surface area contributed by atoms with Crippen molar-refractivity contribution in [2.24, 2.45) is 0 Å². The van der Waals surface area contributed by atoms with E-state index in [4.69, 9.17) is 5.26 Å². The van der Waals surface area contributed by atoms with Gasteiger partial charge in [-0.25, -0.2) is 4.98 Å². The molecule has 1 heterocycles. The third-order valence-electron chi connectivity index (χ3n) is 2.56. The van der Waals surface area contributed by atoms with Gasteiger partial charge in [0.05, 0.1) is 18.2 Å². The summed E-state index contributed by atoms with van der Waals surface area (Å²) >= 11 is 5.08. The molecule has 17 heavy (non-hydrogen) atoms. The number of benzene rings is 1. The lowest BCUT2D eigenvalue weighted by Gasteiger charge is -2.02. The molecule has 0 amide bonds. The highest BCUT2D eigenvalue weighted by atomic mass is 79.9. The molecular weight excluding hydrogens is 296 g/mol. The van der Waals surface area contributed by atoms with E-state index in [0.29, 0.717) is 6.42 Å². The first kappa shape index (κ1) is 12.3. The number of aryl methyl sites for hydroxylation is 2. The number of nitrogens with zero attached hydrogens (tertiary/aromatic N) is 2. The summed E-state index contributed by atoms with van der Waals surface area (Å²) < 4.78 is 1.05. The normalized spacial score (nSPS) is 10.2. The Kier molecular flexibility index (Phi) is 3.60. The van der Waals surface area contributed by atoms with Crippen LogP contribution >= 0.6 is 27.3 Å².